The maximum absolute atomic E-state index is 11.9. The highest BCUT2D eigenvalue weighted by Gasteiger charge is 2.06. The Morgan fingerprint density at radius 3 is 2.80 bits per heavy atom. The summed E-state index contributed by atoms with van der Waals surface area (Å²) in [7, 11) is 0. The Labute approximate surface area is 119 Å². The summed E-state index contributed by atoms with van der Waals surface area (Å²) < 4.78 is 0. The zero-order valence-electron chi connectivity index (χ0n) is 11.8. The number of nitrogens with one attached hydrogen (secondary N) is 2. The smallest absolute Gasteiger partial charge is 0.251 e. The molecule has 6 nitrogen and oxygen atoms in total. The van der Waals surface area contributed by atoms with Crippen molar-refractivity contribution in [3.63, 3.8) is 0 Å². The van der Waals surface area contributed by atoms with Gasteiger partial charge in [-0.25, -0.2) is 4.98 Å². The molecule has 0 saturated heterocycles. The van der Waals surface area contributed by atoms with Gasteiger partial charge in [0.25, 0.3) is 5.91 Å². The predicted molar refractivity (Wildman–Crippen MR) is 78.4 cm³/mol. The van der Waals surface area contributed by atoms with Gasteiger partial charge in [0.2, 0.25) is 5.91 Å². The molecule has 0 aromatic carbocycles. The number of anilines is 1. The molecule has 0 unspecified atom stereocenters. The molecule has 6 heteroatoms. The summed E-state index contributed by atoms with van der Waals surface area (Å²) >= 11 is 0. The zero-order chi connectivity index (χ0) is 14.8. The van der Waals surface area contributed by atoms with Crippen LogP contribution in [0.15, 0.2) is 18.3 Å². The van der Waals surface area contributed by atoms with E-state index in [1.165, 1.54) is 0 Å². The van der Waals surface area contributed by atoms with Crippen molar-refractivity contribution in [1.29, 1.82) is 0 Å². The number of pyridine rings is 1. The summed E-state index contributed by atoms with van der Waals surface area (Å²) in [4.78, 5) is 26.6. The third-order valence-electron chi connectivity index (χ3n) is 2.71. The first kappa shape index (κ1) is 15.9. The number of carbonyl (C=O) groups is 2. The standard InChI is InChI=1S/C14H22N4O2/c1-2-7-16-13-10-11(6-9-17-13)14(20)18-8-4-3-5-12(15)19/h6,9-10H,2-5,7-8H2,1H3,(H2,15,19)(H,16,17)(H,18,20). The van der Waals surface area contributed by atoms with Crippen LogP contribution in [0.1, 0.15) is 43.0 Å². The minimum absolute atomic E-state index is 0.133. The number of hydrogen-bond donors (Lipinski definition) is 3. The highest BCUT2D eigenvalue weighted by Crippen LogP contribution is 2.06. The molecule has 0 spiro atoms. The van der Waals surface area contributed by atoms with Crippen molar-refractivity contribution in [1.82, 2.24) is 10.3 Å². The van der Waals surface area contributed by atoms with Gasteiger partial charge in [-0.15, -0.1) is 0 Å². The van der Waals surface area contributed by atoms with Crippen LogP contribution in [0.2, 0.25) is 0 Å². The van der Waals surface area contributed by atoms with Crippen LogP contribution in [0, 0.1) is 0 Å². The van der Waals surface area contributed by atoms with Crippen molar-refractivity contribution < 1.29 is 9.59 Å². The van der Waals surface area contributed by atoms with E-state index >= 15 is 0 Å². The molecule has 0 atom stereocenters. The van der Waals surface area contributed by atoms with Crippen LogP contribution in [0.3, 0.4) is 0 Å². The van der Waals surface area contributed by atoms with Crippen LogP contribution in [-0.4, -0.2) is 29.9 Å². The van der Waals surface area contributed by atoms with Gasteiger partial charge in [0.05, 0.1) is 0 Å². The van der Waals surface area contributed by atoms with Crippen LogP contribution in [0.25, 0.3) is 0 Å². The Kier molecular flexibility index (Phi) is 7.10. The van der Waals surface area contributed by atoms with Crippen LogP contribution < -0.4 is 16.4 Å². The van der Waals surface area contributed by atoms with Crippen molar-refractivity contribution in [2.45, 2.75) is 32.6 Å². The van der Waals surface area contributed by atoms with Gasteiger partial charge in [0.1, 0.15) is 5.82 Å². The molecule has 110 valence electrons. The lowest BCUT2D eigenvalue weighted by molar-refractivity contribution is -0.118. The van der Waals surface area contributed by atoms with Gasteiger partial charge in [-0.1, -0.05) is 6.92 Å². The molecule has 0 aliphatic carbocycles. The fourth-order valence-electron chi connectivity index (χ4n) is 1.65. The van der Waals surface area contributed by atoms with E-state index in [2.05, 4.69) is 22.5 Å². The van der Waals surface area contributed by atoms with E-state index in [0.29, 0.717) is 30.8 Å². The molecular weight excluding hydrogens is 256 g/mol. The van der Waals surface area contributed by atoms with E-state index < -0.39 is 0 Å². The summed E-state index contributed by atoms with van der Waals surface area (Å²) in [5.74, 6) is 0.261. The van der Waals surface area contributed by atoms with E-state index in [1.807, 2.05) is 0 Å². The Morgan fingerprint density at radius 2 is 2.10 bits per heavy atom. The van der Waals surface area contributed by atoms with E-state index in [1.54, 1.807) is 18.3 Å². The average Bonchev–Trinajstić information content (AvgIpc) is 2.44. The zero-order valence-corrected chi connectivity index (χ0v) is 11.8. The highest BCUT2D eigenvalue weighted by molar-refractivity contribution is 5.94. The number of aromatic nitrogens is 1. The lowest BCUT2D eigenvalue weighted by Crippen LogP contribution is -2.25. The molecule has 0 bridgehead atoms. The van der Waals surface area contributed by atoms with Crippen molar-refractivity contribution in [2.75, 3.05) is 18.4 Å². The first-order chi connectivity index (χ1) is 9.63. The van der Waals surface area contributed by atoms with Gasteiger partial charge in [-0.05, 0) is 31.4 Å². The largest absolute Gasteiger partial charge is 0.370 e. The van der Waals surface area contributed by atoms with E-state index in [4.69, 9.17) is 5.73 Å². The molecule has 1 aromatic heterocycles. The quantitative estimate of drug-likeness (QED) is 0.593. The number of nitrogens with two attached hydrogens (primary N) is 1. The van der Waals surface area contributed by atoms with Crippen molar-refractivity contribution >= 4 is 17.6 Å². The van der Waals surface area contributed by atoms with Crippen molar-refractivity contribution in [3.8, 4) is 0 Å². The lowest BCUT2D eigenvalue weighted by atomic mass is 10.2. The molecule has 1 aromatic rings. The third-order valence-corrected chi connectivity index (χ3v) is 2.71. The Morgan fingerprint density at radius 1 is 1.30 bits per heavy atom. The van der Waals surface area contributed by atoms with Crippen LogP contribution in [0.5, 0.6) is 0 Å². The Balaban J connectivity index is 2.37. The minimum atomic E-state index is -0.308. The topological polar surface area (TPSA) is 97.1 Å². The molecular formula is C14H22N4O2. The number of carbonyl (C=O) groups excluding carboxylic acids is 2. The van der Waals surface area contributed by atoms with Gasteiger partial charge in [-0.2, -0.15) is 0 Å². The molecule has 20 heavy (non-hydrogen) atoms. The second-order valence-electron chi connectivity index (χ2n) is 4.54. The van der Waals surface area contributed by atoms with E-state index in [9.17, 15) is 9.59 Å². The molecule has 0 fully saturated rings. The monoisotopic (exact) mass is 278 g/mol. The fraction of sp³-hybridized carbons (Fsp3) is 0.500. The van der Waals surface area contributed by atoms with Gasteiger partial charge in [0.15, 0.2) is 0 Å². The molecule has 0 aliphatic heterocycles. The van der Waals surface area contributed by atoms with E-state index in [-0.39, 0.29) is 11.8 Å². The Hall–Kier alpha value is -2.11. The van der Waals surface area contributed by atoms with Crippen LogP contribution >= 0.6 is 0 Å². The van der Waals surface area contributed by atoms with Gasteiger partial charge < -0.3 is 16.4 Å². The molecule has 4 N–H and O–H groups in total. The summed E-state index contributed by atoms with van der Waals surface area (Å²) in [6.45, 7) is 3.42. The summed E-state index contributed by atoms with van der Waals surface area (Å²) in [6.07, 6.45) is 4.39. The normalized spacial score (nSPS) is 10.1. The van der Waals surface area contributed by atoms with Gasteiger partial charge in [0, 0.05) is 31.3 Å². The number of rotatable bonds is 9. The summed E-state index contributed by atoms with van der Waals surface area (Å²) in [5, 5.41) is 5.95. The fourth-order valence-corrected chi connectivity index (χ4v) is 1.65. The summed E-state index contributed by atoms with van der Waals surface area (Å²) in [6, 6.07) is 3.41. The third kappa shape index (κ3) is 6.17. The maximum atomic E-state index is 11.9. The Bertz CT molecular complexity index is 449. The molecule has 2 amide bonds. The summed E-state index contributed by atoms with van der Waals surface area (Å²) in [5.41, 5.74) is 5.62. The molecule has 1 heterocycles. The highest BCUT2D eigenvalue weighted by atomic mass is 16.2. The molecule has 1 rings (SSSR count). The average molecular weight is 278 g/mol. The lowest BCUT2D eigenvalue weighted by Gasteiger charge is -2.07. The molecule has 0 saturated carbocycles. The van der Waals surface area contributed by atoms with Crippen molar-refractivity contribution in [3.05, 3.63) is 23.9 Å². The first-order valence-corrected chi connectivity index (χ1v) is 6.90. The minimum Gasteiger partial charge on any atom is -0.370 e. The van der Waals surface area contributed by atoms with Gasteiger partial charge >= 0.3 is 0 Å². The first-order valence-electron chi connectivity index (χ1n) is 6.90. The predicted octanol–water partition coefficient (Wildman–Crippen LogP) is 1.29. The van der Waals surface area contributed by atoms with E-state index in [0.717, 1.165) is 19.4 Å². The second-order valence-corrected chi connectivity index (χ2v) is 4.54. The number of primary amides is 1. The van der Waals surface area contributed by atoms with Crippen LogP contribution in [0.4, 0.5) is 5.82 Å². The van der Waals surface area contributed by atoms with Crippen LogP contribution in [-0.2, 0) is 4.79 Å². The number of unbranched alkanes of at least 4 members (excludes halogenated alkanes) is 1. The van der Waals surface area contributed by atoms with Crippen molar-refractivity contribution in [2.24, 2.45) is 5.73 Å². The number of nitrogens with zero attached hydrogens (tertiary/aromatic N) is 1. The SMILES string of the molecule is CCCNc1cc(C(=O)NCCCCC(N)=O)ccn1. The maximum Gasteiger partial charge on any atom is 0.251 e. The molecule has 0 aliphatic rings. The van der Waals surface area contributed by atoms with Gasteiger partial charge in [-0.3, -0.25) is 9.59 Å². The number of amides is 2. The number of hydrogen-bond acceptors (Lipinski definition) is 4. The molecule has 0 radical (unpaired) electrons. The second kappa shape index (κ2) is 8.90.